The van der Waals surface area contributed by atoms with Gasteiger partial charge in [0.15, 0.2) is 0 Å². The number of hydrogen-bond donors (Lipinski definition) is 1. The monoisotopic (exact) mass is 292 g/mol. The summed E-state index contributed by atoms with van der Waals surface area (Å²) in [6.45, 7) is 0. The first-order valence-electron chi connectivity index (χ1n) is 6.53. The van der Waals surface area contributed by atoms with Crippen molar-refractivity contribution >= 4 is 11.6 Å². The van der Waals surface area contributed by atoms with Crippen LogP contribution in [0.25, 0.3) is 0 Å². The molecule has 1 aliphatic rings. The lowest BCUT2D eigenvalue weighted by molar-refractivity contribution is 0.214. The zero-order chi connectivity index (χ0) is 14.1. The lowest BCUT2D eigenvalue weighted by atomic mass is 10.0. The number of aliphatic hydroxyl groups is 1. The summed E-state index contributed by atoms with van der Waals surface area (Å²) in [6, 6.07) is 11.2. The molecule has 1 unspecified atom stereocenters. The molecule has 0 bridgehead atoms. The average Bonchev–Trinajstić information content (AvgIpc) is 3.26. The van der Waals surface area contributed by atoms with Crippen LogP contribution in [-0.4, -0.2) is 11.2 Å². The van der Waals surface area contributed by atoms with Gasteiger partial charge in [-0.1, -0.05) is 23.7 Å². The Kier molecular flexibility index (Phi) is 3.64. The van der Waals surface area contributed by atoms with Crippen LogP contribution in [0.5, 0.6) is 5.75 Å². The summed E-state index contributed by atoms with van der Waals surface area (Å²) in [4.78, 5) is 0. The molecule has 3 rings (SSSR count). The van der Waals surface area contributed by atoms with Crippen LogP contribution < -0.4 is 4.74 Å². The first-order valence-corrected chi connectivity index (χ1v) is 6.91. The van der Waals surface area contributed by atoms with Gasteiger partial charge in [-0.3, -0.25) is 0 Å². The molecule has 1 N–H and O–H groups in total. The maximum atomic E-state index is 13.7. The Bertz CT molecular complexity index is 608. The molecular weight excluding hydrogens is 279 g/mol. The summed E-state index contributed by atoms with van der Waals surface area (Å²) in [5.74, 6) is 0.301. The number of rotatable bonds is 4. The van der Waals surface area contributed by atoms with Gasteiger partial charge in [-0.25, -0.2) is 4.39 Å². The molecule has 20 heavy (non-hydrogen) atoms. The van der Waals surface area contributed by atoms with Crippen LogP contribution in [0, 0.1) is 5.82 Å². The standard InChI is InChI=1S/C16H14ClFO2/c17-11-3-8-15(18)14(9-11)16(19)10-1-4-12(5-2-10)20-13-6-7-13/h1-5,8-9,13,16,19H,6-7H2. The zero-order valence-corrected chi connectivity index (χ0v) is 11.5. The van der Waals surface area contributed by atoms with E-state index in [1.165, 1.54) is 18.2 Å². The van der Waals surface area contributed by atoms with E-state index in [9.17, 15) is 9.50 Å². The second-order valence-corrected chi connectivity index (χ2v) is 5.39. The van der Waals surface area contributed by atoms with Crippen molar-refractivity contribution in [3.8, 4) is 5.75 Å². The van der Waals surface area contributed by atoms with Gasteiger partial charge >= 0.3 is 0 Å². The minimum Gasteiger partial charge on any atom is -0.490 e. The summed E-state index contributed by atoms with van der Waals surface area (Å²) in [5.41, 5.74) is 0.780. The van der Waals surface area contributed by atoms with Gasteiger partial charge in [-0.05, 0) is 48.7 Å². The largest absolute Gasteiger partial charge is 0.490 e. The SMILES string of the molecule is OC(c1ccc(OC2CC2)cc1)c1cc(Cl)ccc1F. The van der Waals surface area contributed by atoms with E-state index in [0.717, 1.165) is 18.6 Å². The van der Waals surface area contributed by atoms with Crippen LogP contribution in [0.4, 0.5) is 4.39 Å². The molecule has 0 radical (unpaired) electrons. The van der Waals surface area contributed by atoms with E-state index < -0.39 is 11.9 Å². The average molecular weight is 293 g/mol. The summed E-state index contributed by atoms with van der Waals surface area (Å²) in [7, 11) is 0. The van der Waals surface area contributed by atoms with Gasteiger partial charge in [0.05, 0.1) is 6.10 Å². The van der Waals surface area contributed by atoms with Crippen molar-refractivity contribution in [3.05, 3.63) is 64.4 Å². The van der Waals surface area contributed by atoms with Crippen molar-refractivity contribution in [2.75, 3.05) is 0 Å². The highest BCUT2D eigenvalue weighted by Crippen LogP contribution is 2.30. The van der Waals surface area contributed by atoms with Crippen molar-refractivity contribution in [1.82, 2.24) is 0 Å². The molecule has 4 heteroatoms. The summed E-state index contributed by atoms with van der Waals surface area (Å²) in [5, 5.41) is 10.6. The molecule has 0 spiro atoms. The molecule has 0 amide bonds. The van der Waals surface area contributed by atoms with Gasteiger partial charge in [0, 0.05) is 10.6 Å². The van der Waals surface area contributed by atoms with E-state index in [4.69, 9.17) is 16.3 Å². The highest BCUT2D eigenvalue weighted by molar-refractivity contribution is 6.30. The maximum Gasteiger partial charge on any atom is 0.129 e. The molecule has 2 nitrogen and oxygen atoms in total. The third-order valence-corrected chi connectivity index (χ3v) is 3.51. The minimum atomic E-state index is -1.04. The quantitative estimate of drug-likeness (QED) is 0.919. The van der Waals surface area contributed by atoms with E-state index >= 15 is 0 Å². The van der Waals surface area contributed by atoms with Crippen LogP contribution in [0.15, 0.2) is 42.5 Å². The zero-order valence-electron chi connectivity index (χ0n) is 10.7. The van der Waals surface area contributed by atoms with Crippen molar-refractivity contribution in [3.63, 3.8) is 0 Å². The first kappa shape index (κ1) is 13.4. The molecule has 2 aromatic carbocycles. The Balaban J connectivity index is 1.81. The second kappa shape index (κ2) is 5.43. The highest BCUT2D eigenvalue weighted by atomic mass is 35.5. The normalized spacial score (nSPS) is 15.9. The number of halogens is 2. The Morgan fingerprint density at radius 1 is 1.15 bits per heavy atom. The van der Waals surface area contributed by atoms with Crippen molar-refractivity contribution < 1.29 is 14.2 Å². The van der Waals surface area contributed by atoms with Gasteiger partial charge in [0.25, 0.3) is 0 Å². The highest BCUT2D eigenvalue weighted by Gasteiger charge is 2.23. The fraction of sp³-hybridized carbons (Fsp3) is 0.250. The first-order chi connectivity index (χ1) is 9.63. The van der Waals surface area contributed by atoms with Gasteiger partial charge < -0.3 is 9.84 Å². The molecule has 0 saturated heterocycles. The fourth-order valence-electron chi connectivity index (χ4n) is 2.01. The Labute approximate surface area is 121 Å². The molecule has 1 fully saturated rings. The van der Waals surface area contributed by atoms with Crippen molar-refractivity contribution in [2.45, 2.75) is 25.0 Å². The number of ether oxygens (including phenoxy) is 1. The van der Waals surface area contributed by atoms with E-state index in [1.807, 2.05) is 0 Å². The van der Waals surface area contributed by atoms with Crippen molar-refractivity contribution in [1.29, 1.82) is 0 Å². The van der Waals surface area contributed by atoms with Gasteiger partial charge in [-0.2, -0.15) is 0 Å². The maximum absolute atomic E-state index is 13.7. The van der Waals surface area contributed by atoms with Crippen molar-refractivity contribution in [2.24, 2.45) is 0 Å². The Hall–Kier alpha value is -1.58. The van der Waals surface area contributed by atoms with E-state index in [2.05, 4.69) is 0 Å². The van der Waals surface area contributed by atoms with Gasteiger partial charge in [0.2, 0.25) is 0 Å². The lowest BCUT2D eigenvalue weighted by Crippen LogP contribution is -2.03. The topological polar surface area (TPSA) is 29.5 Å². The summed E-state index contributed by atoms with van der Waals surface area (Å²) < 4.78 is 19.4. The molecule has 0 heterocycles. The molecule has 1 aliphatic carbocycles. The molecule has 1 saturated carbocycles. The third kappa shape index (κ3) is 2.94. The predicted octanol–water partition coefficient (Wildman–Crippen LogP) is 4.10. The van der Waals surface area contributed by atoms with Crippen LogP contribution >= 0.6 is 11.6 Å². The number of benzene rings is 2. The van der Waals surface area contributed by atoms with Crippen LogP contribution in [0.2, 0.25) is 5.02 Å². The molecular formula is C16H14ClFO2. The Morgan fingerprint density at radius 2 is 1.85 bits per heavy atom. The molecule has 2 aromatic rings. The van der Waals surface area contributed by atoms with Crippen LogP contribution in [-0.2, 0) is 0 Å². The summed E-state index contributed by atoms with van der Waals surface area (Å²) in [6.07, 6.45) is 1.48. The molecule has 104 valence electrons. The predicted molar refractivity (Wildman–Crippen MR) is 75.6 cm³/mol. The summed E-state index contributed by atoms with van der Waals surface area (Å²) >= 11 is 5.84. The molecule has 1 atom stereocenters. The fourth-order valence-corrected chi connectivity index (χ4v) is 2.19. The van der Waals surface area contributed by atoms with Crippen LogP contribution in [0.3, 0.4) is 0 Å². The van der Waals surface area contributed by atoms with Crippen LogP contribution in [0.1, 0.15) is 30.1 Å². The van der Waals surface area contributed by atoms with Gasteiger partial charge in [-0.15, -0.1) is 0 Å². The number of aliphatic hydroxyl groups excluding tert-OH is 1. The molecule has 0 aromatic heterocycles. The number of hydrogen-bond acceptors (Lipinski definition) is 2. The van der Waals surface area contributed by atoms with Gasteiger partial charge in [0.1, 0.15) is 17.7 Å². The molecule has 0 aliphatic heterocycles. The van der Waals surface area contributed by atoms with E-state index in [0.29, 0.717) is 16.7 Å². The van der Waals surface area contributed by atoms with E-state index in [1.54, 1.807) is 24.3 Å². The van der Waals surface area contributed by atoms with E-state index in [-0.39, 0.29) is 5.56 Å². The smallest absolute Gasteiger partial charge is 0.129 e. The Morgan fingerprint density at radius 3 is 2.50 bits per heavy atom. The second-order valence-electron chi connectivity index (χ2n) is 4.95. The third-order valence-electron chi connectivity index (χ3n) is 3.28. The minimum absolute atomic E-state index is 0.174. The lowest BCUT2D eigenvalue weighted by Gasteiger charge is -2.13.